The molecule has 1 saturated heterocycles. The van der Waals surface area contributed by atoms with E-state index in [2.05, 4.69) is 43.9 Å². The third-order valence-corrected chi connectivity index (χ3v) is 4.60. The van der Waals surface area contributed by atoms with Crippen LogP contribution in [0.1, 0.15) is 44.4 Å². The van der Waals surface area contributed by atoms with Crippen molar-refractivity contribution in [3.63, 3.8) is 0 Å². The Morgan fingerprint density at radius 2 is 2.25 bits per heavy atom. The van der Waals surface area contributed by atoms with E-state index in [1.54, 1.807) is 0 Å². The third kappa shape index (κ3) is 2.45. The number of benzene rings is 1. The number of rotatable bonds is 3. The number of ether oxygens (including phenoxy) is 1. The molecule has 0 aliphatic carbocycles. The molecule has 0 amide bonds. The molecule has 2 unspecified atom stereocenters. The van der Waals surface area contributed by atoms with E-state index in [4.69, 9.17) is 10.5 Å². The molecule has 110 valence electrons. The van der Waals surface area contributed by atoms with Gasteiger partial charge < -0.3 is 10.5 Å². The second-order valence-electron chi connectivity index (χ2n) is 7.01. The van der Waals surface area contributed by atoms with E-state index in [9.17, 15) is 0 Å². The van der Waals surface area contributed by atoms with E-state index in [1.165, 1.54) is 17.5 Å². The van der Waals surface area contributed by atoms with Gasteiger partial charge in [0.2, 0.25) is 0 Å². The summed E-state index contributed by atoms with van der Waals surface area (Å²) in [5.41, 5.74) is 8.62. The molecule has 1 aromatic carbocycles. The van der Waals surface area contributed by atoms with Gasteiger partial charge in [0, 0.05) is 25.1 Å². The van der Waals surface area contributed by atoms with Crippen LogP contribution in [-0.2, 0) is 6.42 Å². The lowest BCUT2D eigenvalue weighted by molar-refractivity contribution is 0.133. The second-order valence-corrected chi connectivity index (χ2v) is 7.01. The van der Waals surface area contributed by atoms with Gasteiger partial charge in [-0.25, -0.2) is 0 Å². The first-order valence-corrected chi connectivity index (χ1v) is 7.75. The summed E-state index contributed by atoms with van der Waals surface area (Å²) in [6.45, 7) is 9.60. The molecule has 0 bridgehead atoms. The van der Waals surface area contributed by atoms with E-state index in [0.717, 1.165) is 31.2 Å². The average molecular weight is 274 g/mol. The van der Waals surface area contributed by atoms with Gasteiger partial charge in [-0.15, -0.1) is 0 Å². The number of likely N-dealkylation sites (tertiary alicyclic amines) is 1. The summed E-state index contributed by atoms with van der Waals surface area (Å²) in [7, 11) is 0. The van der Waals surface area contributed by atoms with Gasteiger partial charge in [0.15, 0.2) is 0 Å². The number of hydrogen-bond acceptors (Lipinski definition) is 3. The Balaban J connectivity index is 1.92. The number of hydrogen-bond donors (Lipinski definition) is 1. The monoisotopic (exact) mass is 274 g/mol. The highest BCUT2D eigenvalue weighted by Crippen LogP contribution is 2.41. The smallest absolute Gasteiger partial charge is 0.128 e. The zero-order chi connectivity index (χ0) is 14.3. The van der Waals surface area contributed by atoms with Gasteiger partial charge in [-0.2, -0.15) is 0 Å². The SMILES string of the molecule is CC1CCN(C(CN)c2cccc3c2OC(C)(C)C3)C1. The van der Waals surface area contributed by atoms with Crippen molar-refractivity contribution in [1.29, 1.82) is 0 Å². The largest absolute Gasteiger partial charge is 0.487 e. The zero-order valence-corrected chi connectivity index (χ0v) is 12.9. The van der Waals surface area contributed by atoms with Gasteiger partial charge in [-0.3, -0.25) is 4.90 Å². The van der Waals surface area contributed by atoms with Crippen molar-refractivity contribution in [3.8, 4) is 5.75 Å². The fourth-order valence-corrected chi connectivity index (χ4v) is 3.63. The van der Waals surface area contributed by atoms with Gasteiger partial charge in [-0.1, -0.05) is 25.1 Å². The standard InChI is InChI=1S/C17H26N2O/c1-12-7-8-19(11-12)15(10-18)14-6-4-5-13-9-17(2,3)20-16(13)14/h4-6,12,15H,7-11,18H2,1-3H3. The summed E-state index contributed by atoms with van der Waals surface area (Å²) in [6, 6.07) is 6.83. The van der Waals surface area contributed by atoms with Crippen molar-refractivity contribution < 1.29 is 4.74 Å². The maximum atomic E-state index is 6.21. The molecule has 0 radical (unpaired) electrons. The number of nitrogens with two attached hydrogens (primary N) is 1. The molecule has 2 atom stereocenters. The van der Waals surface area contributed by atoms with Crippen molar-refractivity contribution in [2.24, 2.45) is 11.7 Å². The Bertz CT molecular complexity index is 498. The van der Waals surface area contributed by atoms with Crippen LogP contribution < -0.4 is 10.5 Å². The first kappa shape index (κ1) is 13.9. The Kier molecular flexibility index (Phi) is 3.51. The summed E-state index contributed by atoms with van der Waals surface area (Å²) in [5.74, 6) is 1.87. The molecule has 0 saturated carbocycles. The highest BCUT2D eigenvalue weighted by molar-refractivity contribution is 5.47. The lowest BCUT2D eigenvalue weighted by atomic mass is 9.97. The Hall–Kier alpha value is -1.06. The molecule has 20 heavy (non-hydrogen) atoms. The summed E-state index contributed by atoms with van der Waals surface area (Å²) < 4.78 is 6.21. The Morgan fingerprint density at radius 3 is 2.90 bits per heavy atom. The fourth-order valence-electron chi connectivity index (χ4n) is 3.63. The van der Waals surface area contributed by atoms with Gasteiger partial charge in [-0.05, 0) is 38.3 Å². The first-order valence-electron chi connectivity index (χ1n) is 7.75. The van der Waals surface area contributed by atoms with Crippen LogP contribution in [-0.4, -0.2) is 30.1 Å². The summed E-state index contributed by atoms with van der Waals surface area (Å²) in [6.07, 6.45) is 2.27. The minimum atomic E-state index is -0.0874. The molecule has 3 nitrogen and oxygen atoms in total. The van der Waals surface area contributed by atoms with Crippen molar-refractivity contribution >= 4 is 0 Å². The number of para-hydroxylation sites is 1. The van der Waals surface area contributed by atoms with Crippen molar-refractivity contribution in [1.82, 2.24) is 4.90 Å². The molecule has 2 heterocycles. The summed E-state index contributed by atoms with van der Waals surface area (Å²) >= 11 is 0. The molecule has 3 heteroatoms. The highest BCUT2D eigenvalue weighted by atomic mass is 16.5. The number of nitrogens with zero attached hydrogens (tertiary/aromatic N) is 1. The van der Waals surface area contributed by atoms with Gasteiger partial charge in [0.25, 0.3) is 0 Å². The normalized spacial score (nSPS) is 26.3. The quantitative estimate of drug-likeness (QED) is 0.921. The third-order valence-electron chi connectivity index (χ3n) is 4.60. The Morgan fingerprint density at radius 1 is 1.45 bits per heavy atom. The summed E-state index contributed by atoms with van der Waals surface area (Å²) in [4.78, 5) is 2.52. The van der Waals surface area contributed by atoms with E-state index in [-0.39, 0.29) is 5.60 Å². The van der Waals surface area contributed by atoms with E-state index >= 15 is 0 Å². The highest BCUT2D eigenvalue weighted by Gasteiger charge is 2.35. The topological polar surface area (TPSA) is 38.5 Å². The molecular weight excluding hydrogens is 248 g/mol. The number of fused-ring (bicyclic) bond motifs is 1. The van der Waals surface area contributed by atoms with Crippen LogP contribution >= 0.6 is 0 Å². The molecule has 0 aromatic heterocycles. The maximum absolute atomic E-state index is 6.21. The second kappa shape index (κ2) is 5.05. The molecule has 2 aliphatic heterocycles. The lowest BCUT2D eigenvalue weighted by Gasteiger charge is -2.29. The molecule has 1 fully saturated rings. The fraction of sp³-hybridized carbons (Fsp3) is 0.647. The van der Waals surface area contributed by atoms with E-state index in [0.29, 0.717) is 12.6 Å². The van der Waals surface area contributed by atoms with Crippen LogP contribution in [0.5, 0.6) is 5.75 Å². The summed E-state index contributed by atoms with van der Waals surface area (Å²) in [5, 5.41) is 0. The van der Waals surface area contributed by atoms with Crippen LogP contribution in [0.3, 0.4) is 0 Å². The predicted octanol–water partition coefficient (Wildman–Crippen LogP) is 2.74. The van der Waals surface area contributed by atoms with Gasteiger partial charge in [0.1, 0.15) is 11.4 Å². The maximum Gasteiger partial charge on any atom is 0.128 e. The molecule has 2 N–H and O–H groups in total. The van der Waals surface area contributed by atoms with Crippen LogP contribution in [0, 0.1) is 5.92 Å². The van der Waals surface area contributed by atoms with Crippen molar-refractivity contribution in [2.75, 3.05) is 19.6 Å². The molecular formula is C17H26N2O. The van der Waals surface area contributed by atoms with Gasteiger partial charge >= 0.3 is 0 Å². The van der Waals surface area contributed by atoms with Crippen LogP contribution in [0.4, 0.5) is 0 Å². The minimum absolute atomic E-state index is 0.0874. The first-order chi connectivity index (χ1) is 9.50. The van der Waals surface area contributed by atoms with E-state index in [1.807, 2.05) is 0 Å². The zero-order valence-electron chi connectivity index (χ0n) is 12.9. The minimum Gasteiger partial charge on any atom is -0.487 e. The van der Waals surface area contributed by atoms with Gasteiger partial charge in [0.05, 0.1) is 6.04 Å². The molecule has 0 spiro atoms. The van der Waals surface area contributed by atoms with Crippen LogP contribution in [0.2, 0.25) is 0 Å². The Labute approximate surface area is 122 Å². The molecule has 1 aromatic rings. The van der Waals surface area contributed by atoms with Crippen molar-refractivity contribution in [2.45, 2.75) is 45.3 Å². The molecule has 2 aliphatic rings. The average Bonchev–Trinajstić information content (AvgIpc) is 2.93. The van der Waals surface area contributed by atoms with Crippen LogP contribution in [0.15, 0.2) is 18.2 Å². The predicted molar refractivity (Wildman–Crippen MR) is 82.0 cm³/mol. The van der Waals surface area contributed by atoms with E-state index < -0.39 is 0 Å². The molecule has 3 rings (SSSR count). The lowest BCUT2D eigenvalue weighted by Crippen LogP contribution is -2.32. The van der Waals surface area contributed by atoms with Crippen molar-refractivity contribution in [3.05, 3.63) is 29.3 Å². The van der Waals surface area contributed by atoms with Crippen LogP contribution in [0.25, 0.3) is 0 Å².